The molecule has 5 heteroatoms. The van der Waals surface area contributed by atoms with Crippen LogP contribution in [0.1, 0.15) is 18.2 Å². The van der Waals surface area contributed by atoms with Crippen LogP contribution in [0.15, 0.2) is 138 Å². The van der Waals surface area contributed by atoms with Gasteiger partial charge in [0.25, 0.3) is 0 Å². The number of hydrogen-bond acceptors (Lipinski definition) is 4. The summed E-state index contributed by atoms with van der Waals surface area (Å²) < 4.78 is 11.2. The van der Waals surface area contributed by atoms with Crippen LogP contribution in [0, 0.1) is 5.92 Å². The van der Waals surface area contributed by atoms with Gasteiger partial charge >= 0.3 is 0 Å². The molecule has 10 aromatic rings. The van der Waals surface area contributed by atoms with E-state index in [1.165, 1.54) is 31.8 Å². The van der Waals surface area contributed by atoms with Gasteiger partial charge in [0.1, 0.15) is 11.2 Å². The Morgan fingerprint density at radius 1 is 0.700 bits per heavy atom. The zero-order chi connectivity index (χ0) is 32.9. The van der Waals surface area contributed by atoms with Gasteiger partial charge in [0.2, 0.25) is 5.95 Å². The third kappa shape index (κ3) is 3.98. The lowest BCUT2D eigenvalue weighted by Crippen LogP contribution is -2.08. The van der Waals surface area contributed by atoms with Gasteiger partial charge < -0.3 is 4.42 Å². The molecule has 0 bridgehead atoms. The van der Waals surface area contributed by atoms with Crippen molar-refractivity contribution in [1.29, 1.82) is 0 Å². The van der Waals surface area contributed by atoms with Crippen molar-refractivity contribution in [3.63, 3.8) is 0 Å². The van der Waals surface area contributed by atoms with Crippen LogP contribution in [0.4, 0.5) is 0 Å². The van der Waals surface area contributed by atoms with E-state index in [0.29, 0.717) is 11.9 Å². The van der Waals surface area contributed by atoms with E-state index in [2.05, 4.69) is 151 Å². The summed E-state index contributed by atoms with van der Waals surface area (Å²) >= 11 is 1.77. The van der Waals surface area contributed by atoms with Gasteiger partial charge in [0.05, 0.1) is 27.1 Å². The van der Waals surface area contributed by atoms with E-state index in [9.17, 15) is 0 Å². The van der Waals surface area contributed by atoms with Gasteiger partial charge in [-0.15, -0.1) is 11.3 Å². The quantitative estimate of drug-likeness (QED) is 0.190. The fourth-order valence-corrected chi connectivity index (χ4v) is 9.24. The number of fused-ring (bicyclic) bond motifs is 11. The first-order valence-electron chi connectivity index (χ1n) is 17.1. The Balaban J connectivity index is 1.22. The molecule has 0 spiro atoms. The molecule has 0 saturated heterocycles. The van der Waals surface area contributed by atoms with E-state index in [-0.39, 0.29) is 0 Å². The highest BCUT2D eigenvalue weighted by molar-refractivity contribution is 7.26. The molecule has 0 amide bonds. The third-order valence-corrected chi connectivity index (χ3v) is 11.5. The van der Waals surface area contributed by atoms with Gasteiger partial charge in [-0.05, 0) is 64.6 Å². The average molecular weight is 660 g/mol. The van der Waals surface area contributed by atoms with Crippen molar-refractivity contribution >= 4 is 81.3 Å². The SMILES string of the molecule is CC1C=Cc2c(c3cccc(-c4ccc5c(c4)oc4ccc6ccccc6c45)c3n2-c2nc(-c3ccccc3)c3sc4ccccc4c3n2)C1. The Morgan fingerprint density at radius 3 is 2.44 bits per heavy atom. The molecule has 0 radical (unpaired) electrons. The number of rotatable bonds is 3. The molecule has 11 rings (SSSR count). The smallest absolute Gasteiger partial charge is 0.235 e. The summed E-state index contributed by atoms with van der Waals surface area (Å²) in [6.07, 6.45) is 5.56. The molecule has 0 saturated carbocycles. The summed E-state index contributed by atoms with van der Waals surface area (Å²) in [7, 11) is 0. The maximum Gasteiger partial charge on any atom is 0.235 e. The second-order valence-corrected chi connectivity index (χ2v) is 14.5. The average Bonchev–Trinajstić information content (AvgIpc) is 3.84. The minimum absolute atomic E-state index is 0.441. The molecule has 1 atom stereocenters. The van der Waals surface area contributed by atoms with Crippen LogP contribution in [0.3, 0.4) is 0 Å². The molecule has 4 aromatic heterocycles. The molecule has 0 N–H and O–H groups in total. The molecule has 0 fully saturated rings. The molecule has 4 heterocycles. The highest BCUT2D eigenvalue weighted by Gasteiger charge is 2.26. The van der Waals surface area contributed by atoms with E-state index in [0.717, 1.165) is 72.2 Å². The molecule has 1 unspecified atom stereocenters. The van der Waals surface area contributed by atoms with Gasteiger partial charge in [0.15, 0.2) is 0 Å². The molecule has 236 valence electrons. The maximum absolute atomic E-state index is 6.55. The highest BCUT2D eigenvalue weighted by atomic mass is 32.1. The van der Waals surface area contributed by atoms with Crippen molar-refractivity contribution in [1.82, 2.24) is 14.5 Å². The summed E-state index contributed by atoms with van der Waals surface area (Å²) in [5.41, 5.74) is 10.7. The van der Waals surface area contributed by atoms with Gasteiger partial charge in [0, 0.05) is 37.4 Å². The largest absolute Gasteiger partial charge is 0.456 e. The van der Waals surface area contributed by atoms with Gasteiger partial charge in [-0.2, -0.15) is 0 Å². The lowest BCUT2D eigenvalue weighted by atomic mass is 9.92. The minimum Gasteiger partial charge on any atom is -0.456 e. The molecule has 0 aliphatic heterocycles. The van der Waals surface area contributed by atoms with Crippen LogP contribution < -0.4 is 0 Å². The summed E-state index contributed by atoms with van der Waals surface area (Å²) in [5, 5.41) is 7.12. The van der Waals surface area contributed by atoms with Crippen LogP contribution in [-0.4, -0.2) is 14.5 Å². The monoisotopic (exact) mass is 659 g/mol. The van der Waals surface area contributed by atoms with Crippen molar-refractivity contribution in [3.8, 4) is 28.3 Å². The third-order valence-electron chi connectivity index (χ3n) is 10.4. The summed E-state index contributed by atoms with van der Waals surface area (Å²) in [6, 6.07) is 45.2. The molecule has 1 aliphatic carbocycles. The molecule has 4 nitrogen and oxygen atoms in total. The van der Waals surface area contributed by atoms with E-state index in [4.69, 9.17) is 14.4 Å². The van der Waals surface area contributed by atoms with Crippen LogP contribution in [0.5, 0.6) is 0 Å². The summed E-state index contributed by atoms with van der Waals surface area (Å²) in [6.45, 7) is 2.29. The van der Waals surface area contributed by atoms with Crippen LogP contribution in [0.2, 0.25) is 0 Å². The summed E-state index contributed by atoms with van der Waals surface area (Å²) in [4.78, 5) is 10.9. The molecule has 1 aliphatic rings. The van der Waals surface area contributed by atoms with Gasteiger partial charge in [-0.1, -0.05) is 116 Å². The summed E-state index contributed by atoms with van der Waals surface area (Å²) in [5.74, 6) is 1.13. The lowest BCUT2D eigenvalue weighted by molar-refractivity contribution is 0.669. The number of furan rings is 1. The fraction of sp³-hybridized carbons (Fsp3) is 0.0667. The standard InChI is InChI=1S/C45H29N3OS/c1-26-18-22-36-35(24-26)32-16-9-15-31(29-19-21-33-38(25-29)49-37-23-20-27-10-5-6-13-30(27)40(33)37)43(32)48(36)45-46-41(28-11-3-2-4-12-28)44-42(47-45)34-14-7-8-17-39(34)50-44/h2-23,25-26H,24H2,1H3. The van der Waals surface area contributed by atoms with Crippen molar-refractivity contribution in [2.24, 2.45) is 5.92 Å². The number of hydrogen-bond donors (Lipinski definition) is 0. The number of allylic oxidation sites excluding steroid dienone is 1. The first-order valence-corrected chi connectivity index (χ1v) is 18.0. The lowest BCUT2D eigenvalue weighted by Gasteiger charge is -2.16. The van der Waals surface area contributed by atoms with Gasteiger partial charge in [-0.3, -0.25) is 4.57 Å². The van der Waals surface area contributed by atoms with Gasteiger partial charge in [-0.25, -0.2) is 9.97 Å². The topological polar surface area (TPSA) is 43.9 Å². The predicted octanol–water partition coefficient (Wildman–Crippen LogP) is 12.4. The number of benzene rings is 6. The normalized spacial score (nSPS) is 14.5. The Kier molecular flexibility index (Phi) is 5.84. The maximum atomic E-state index is 6.55. The first kappa shape index (κ1) is 27.9. The Labute approximate surface area is 291 Å². The first-order chi connectivity index (χ1) is 24.7. The highest BCUT2D eigenvalue weighted by Crippen LogP contribution is 2.44. The van der Waals surface area contributed by atoms with Crippen molar-refractivity contribution < 1.29 is 4.42 Å². The Hall–Kier alpha value is -6.04. The van der Waals surface area contributed by atoms with E-state index in [1.54, 1.807) is 11.3 Å². The second kappa shape index (κ2) is 10.5. The zero-order valence-corrected chi connectivity index (χ0v) is 28.0. The molecule has 50 heavy (non-hydrogen) atoms. The van der Waals surface area contributed by atoms with Crippen LogP contribution >= 0.6 is 11.3 Å². The van der Waals surface area contributed by atoms with Crippen molar-refractivity contribution in [2.75, 3.05) is 0 Å². The van der Waals surface area contributed by atoms with Crippen LogP contribution in [-0.2, 0) is 6.42 Å². The second-order valence-electron chi connectivity index (χ2n) is 13.4. The molecule has 6 aromatic carbocycles. The number of nitrogens with zero attached hydrogens (tertiary/aromatic N) is 3. The number of thiophene rings is 1. The van der Waals surface area contributed by atoms with Crippen LogP contribution in [0.25, 0.3) is 98.3 Å². The van der Waals surface area contributed by atoms with Crippen molar-refractivity contribution in [2.45, 2.75) is 13.3 Å². The Morgan fingerprint density at radius 2 is 1.52 bits per heavy atom. The van der Waals surface area contributed by atoms with Crippen molar-refractivity contribution in [3.05, 3.63) is 145 Å². The zero-order valence-electron chi connectivity index (χ0n) is 27.2. The van der Waals surface area contributed by atoms with E-state index in [1.807, 2.05) is 0 Å². The van der Waals surface area contributed by atoms with E-state index < -0.39 is 0 Å². The number of para-hydroxylation sites is 1. The number of aromatic nitrogens is 3. The Bertz CT molecular complexity index is 3040. The fourth-order valence-electron chi connectivity index (χ4n) is 8.08. The van der Waals surface area contributed by atoms with E-state index >= 15 is 0 Å². The molecular weight excluding hydrogens is 631 g/mol. The predicted molar refractivity (Wildman–Crippen MR) is 209 cm³/mol. The molecular formula is C45H29N3OS. The minimum atomic E-state index is 0.441.